The second-order valence-electron chi connectivity index (χ2n) is 4.14. The van der Waals surface area contributed by atoms with E-state index in [-0.39, 0.29) is 24.4 Å². The Morgan fingerprint density at radius 1 is 1.47 bits per heavy atom. The van der Waals surface area contributed by atoms with Crippen LogP contribution in [0.25, 0.3) is 0 Å². The zero-order chi connectivity index (χ0) is 11.1. The summed E-state index contributed by atoms with van der Waals surface area (Å²) in [7, 11) is 0. The number of hydrogen-bond donors (Lipinski definition) is 1. The number of rotatable bonds is 1. The predicted octanol–water partition coefficient (Wildman–Crippen LogP) is 1.93. The van der Waals surface area contributed by atoms with Gasteiger partial charge < -0.3 is 10.2 Å². The maximum Gasteiger partial charge on any atom is 0.255 e. The van der Waals surface area contributed by atoms with Crippen molar-refractivity contribution in [1.82, 2.24) is 10.2 Å². The molecule has 1 aromatic carbocycles. The zero-order valence-corrected chi connectivity index (χ0v) is 11.2. The fourth-order valence-corrected chi connectivity index (χ4v) is 3.22. The first kappa shape index (κ1) is 12.7. The van der Waals surface area contributed by atoms with E-state index in [1.807, 2.05) is 17.2 Å². The minimum atomic E-state index is 0. The van der Waals surface area contributed by atoms with E-state index in [4.69, 9.17) is 0 Å². The molecule has 0 unspecified atom stereocenters. The summed E-state index contributed by atoms with van der Waals surface area (Å²) in [4.78, 5) is 15.4. The lowest BCUT2D eigenvalue weighted by molar-refractivity contribution is 0.0689. The van der Waals surface area contributed by atoms with Gasteiger partial charge in [-0.05, 0) is 17.9 Å². The number of thioether (sulfide) groups is 1. The molecule has 3 nitrogen and oxygen atoms in total. The largest absolute Gasteiger partial charge is 0.329 e. The Morgan fingerprint density at radius 2 is 2.29 bits per heavy atom. The molecule has 3 rings (SSSR count). The molecule has 1 atom stereocenters. The van der Waals surface area contributed by atoms with Gasteiger partial charge in [-0.1, -0.05) is 12.1 Å². The highest BCUT2D eigenvalue weighted by atomic mass is 35.5. The average Bonchev–Trinajstić information content (AvgIpc) is 2.64. The van der Waals surface area contributed by atoms with Crippen LogP contribution < -0.4 is 5.32 Å². The molecule has 2 aliphatic heterocycles. The first-order chi connectivity index (χ1) is 7.83. The summed E-state index contributed by atoms with van der Waals surface area (Å²) in [6, 6.07) is 6.43. The monoisotopic (exact) mass is 270 g/mol. The zero-order valence-electron chi connectivity index (χ0n) is 9.60. The van der Waals surface area contributed by atoms with Gasteiger partial charge in [-0.2, -0.15) is 0 Å². The van der Waals surface area contributed by atoms with E-state index >= 15 is 0 Å². The van der Waals surface area contributed by atoms with Gasteiger partial charge in [0.25, 0.3) is 5.91 Å². The molecule has 0 aliphatic carbocycles. The van der Waals surface area contributed by atoms with Crippen molar-refractivity contribution in [1.29, 1.82) is 0 Å². The van der Waals surface area contributed by atoms with E-state index < -0.39 is 0 Å². The van der Waals surface area contributed by atoms with E-state index in [0.717, 1.165) is 30.1 Å². The van der Waals surface area contributed by atoms with Gasteiger partial charge in [-0.25, -0.2) is 0 Å². The van der Waals surface area contributed by atoms with Crippen LogP contribution in [-0.2, 0) is 0 Å². The molecule has 0 spiro atoms. The van der Waals surface area contributed by atoms with E-state index in [1.165, 1.54) is 5.56 Å². The van der Waals surface area contributed by atoms with Crippen molar-refractivity contribution in [3.05, 3.63) is 29.3 Å². The molecule has 2 heterocycles. The van der Waals surface area contributed by atoms with Gasteiger partial charge in [0, 0.05) is 24.5 Å². The summed E-state index contributed by atoms with van der Waals surface area (Å²) < 4.78 is 0. The lowest BCUT2D eigenvalue weighted by Gasteiger charge is -2.30. The van der Waals surface area contributed by atoms with Crippen LogP contribution in [0.2, 0.25) is 0 Å². The minimum absolute atomic E-state index is 0. The van der Waals surface area contributed by atoms with Gasteiger partial charge in [0.05, 0.1) is 11.6 Å². The predicted molar refractivity (Wildman–Crippen MR) is 72.1 cm³/mol. The topological polar surface area (TPSA) is 32.3 Å². The van der Waals surface area contributed by atoms with Crippen LogP contribution in [0.4, 0.5) is 0 Å². The van der Waals surface area contributed by atoms with Gasteiger partial charge in [0.1, 0.15) is 0 Å². The normalized spacial score (nSPS) is 21.8. The fraction of sp³-hybridized carbons (Fsp3) is 0.417. The Hall–Kier alpha value is -0.710. The van der Waals surface area contributed by atoms with Crippen LogP contribution in [0.5, 0.6) is 0 Å². The minimum Gasteiger partial charge on any atom is -0.329 e. The van der Waals surface area contributed by atoms with Crippen molar-refractivity contribution in [3.63, 3.8) is 0 Å². The third-order valence-electron chi connectivity index (χ3n) is 3.36. The number of piperazine rings is 1. The molecule has 1 fully saturated rings. The molecular weight excluding hydrogens is 256 g/mol. The molecule has 0 bridgehead atoms. The van der Waals surface area contributed by atoms with Gasteiger partial charge in [0.15, 0.2) is 0 Å². The summed E-state index contributed by atoms with van der Waals surface area (Å²) in [5, 5.41) is 3.35. The van der Waals surface area contributed by atoms with E-state index in [1.54, 1.807) is 11.8 Å². The second-order valence-corrected chi connectivity index (χ2v) is 4.99. The summed E-state index contributed by atoms with van der Waals surface area (Å²) >= 11 is 1.66. The molecule has 1 aromatic rings. The van der Waals surface area contributed by atoms with Gasteiger partial charge in [0.2, 0.25) is 0 Å². The van der Waals surface area contributed by atoms with Crippen LogP contribution in [0.1, 0.15) is 22.0 Å². The number of fused-ring (bicyclic) bond motifs is 3. The number of nitrogens with one attached hydrogen (secondary N) is 1. The standard InChI is InChI=1S/C12H14N2OS.ClH/c1-16-10-4-2-3-8-9-7-13-5-6-14(9)12(15)11(8)10;/h2-4,9,13H,5-7H2,1H3;1H/t9-;/m1./s1. The summed E-state index contributed by atoms with van der Waals surface area (Å²) in [6.07, 6.45) is 2.03. The molecule has 0 aromatic heterocycles. The third-order valence-corrected chi connectivity index (χ3v) is 4.14. The van der Waals surface area contributed by atoms with Crippen LogP contribution >= 0.6 is 24.2 Å². The van der Waals surface area contributed by atoms with E-state index in [2.05, 4.69) is 17.4 Å². The van der Waals surface area contributed by atoms with Gasteiger partial charge >= 0.3 is 0 Å². The molecule has 92 valence electrons. The second kappa shape index (κ2) is 4.88. The number of benzene rings is 1. The summed E-state index contributed by atoms with van der Waals surface area (Å²) in [5.74, 6) is 0.214. The maximum absolute atomic E-state index is 12.3. The molecular formula is C12H15ClN2OS. The van der Waals surface area contributed by atoms with E-state index in [9.17, 15) is 4.79 Å². The Morgan fingerprint density at radius 3 is 3.06 bits per heavy atom. The summed E-state index contributed by atoms with van der Waals surface area (Å²) in [6.45, 7) is 2.62. The number of hydrogen-bond acceptors (Lipinski definition) is 3. The van der Waals surface area contributed by atoms with Crippen LogP contribution in [0, 0.1) is 0 Å². The fourth-order valence-electron chi connectivity index (χ4n) is 2.59. The van der Waals surface area contributed by atoms with Gasteiger partial charge in [-0.3, -0.25) is 4.79 Å². The number of carbonyl (C=O) groups is 1. The lowest BCUT2D eigenvalue weighted by Crippen LogP contribution is -2.44. The maximum atomic E-state index is 12.3. The molecule has 1 saturated heterocycles. The Bertz CT molecular complexity index is 452. The van der Waals surface area contributed by atoms with Crippen molar-refractivity contribution in [2.24, 2.45) is 0 Å². The van der Waals surface area contributed by atoms with Crippen molar-refractivity contribution < 1.29 is 4.79 Å². The molecule has 1 N–H and O–H groups in total. The Kier molecular flexibility index (Phi) is 3.66. The third kappa shape index (κ3) is 1.84. The quantitative estimate of drug-likeness (QED) is 0.792. The number of nitrogens with zero attached hydrogens (tertiary/aromatic N) is 1. The smallest absolute Gasteiger partial charge is 0.255 e. The van der Waals surface area contributed by atoms with Crippen LogP contribution in [-0.4, -0.2) is 36.7 Å². The van der Waals surface area contributed by atoms with Crippen LogP contribution in [0.3, 0.4) is 0 Å². The molecule has 0 saturated carbocycles. The number of halogens is 1. The highest BCUT2D eigenvalue weighted by molar-refractivity contribution is 7.98. The number of carbonyl (C=O) groups excluding carboxylic acids is 1. The van der Waals surface area contributed by atoms with Crippen molar-refractivity contribution in [2.75, 3.05) is 25.9 Å². The molecule has 2 aliphatic rings. The SMILES string of the molecule is CSc1cccc2c1C(=O)N1CCNC[C@H]21.Cl. The highest BCUT2D eigenvalue weighted by Crippen LogP contribution is 2.38. The molecule has 1 amide bonds. The summed E-state index contributed by atoms with van der Waals surface area (Å²) in [5.41, 5.74) is 2.13. The first-order valence-corrected chi connectivity index (χ1v) is 6.74. The van der Waals surface area contributed by atoms with Crippen LogP contribution in [0.15, 0.2) is 23.1 Å². The Labute approximate surface area is 111 Å². The van der Waals surface area contributed by atoms with Crippen molar-refractivity contribution >= 4 is 30.1 Å². The Balaban J connectivity index is 0.00000108. The highest BCUT2D eigenvalue weighted by Gasteiger charge is 2.39. The average molecular weight is 271 g/mol. The molecule has 0 radical (unpaired) electrons. The van der Waals surface area contributed by atoms with E-state index in [0.29, 0.717) is 0 Å². The first-order valence-electron chi connectivity index (χ1n) is 5.51. The lowest BCUT2D eigenvalue weighted by atomic mass is 10.0. The van der Waals surface area contributed by atoms with Crippen molar-refractivity contribution in [2.45, 2.75) is 10.9 Å². The molecule has 17 heavy (non-hydrogen) atoms. The van der Waals surface area contributed by atoms with Crippen molar-refractivity contribution in [3.8, 4) is 0 Å². The number of amides is 1. The van der Waals surface area contributed by atoms with Gasteiger partial charge in [-0.15, -0.1) is 24.2 Å². The molecule has 5 heteroatoms.